The molecule has 0 fully saturated rings. The Morgan fingerprint density at radius 2 is 1.95 bits per heavy atom. The van der Waals surface area contributed by atoms with Crippen LogP contribution in [0.15, 0.2) is 10.2 Å². The molecule has 0 atom stereocenters. The van der Waals surface area contributed by atoms with E-state index in [1.807, 2.05) is 19.0 Å². The second kappa shape index (κ2) is 7.02. The molecule has 0 aromatic carbocycles. The van der Waals surface area contributed by atoms with Crippen LogP contribution in [0.5, 0.6) is 0 Å². The van der Waals surface area contributed by atoms with Crippen LogP contribution in [0, 0.1) is 0 Å². The van der Waals surface area contributed by atoms with E-state index in [1.54, 1.807) is 5.38 Å². The van der Waals surface area contributed by atoms with E-state index in [2.05, 4.69) is 37.5 Å². The van der Waals surface area contributed by atoms with Gasteiger partial charge in [-0.1, -0.05) is 18.3 Å². The van der Waals surface area contributed by atoms with Gasteiger partial charge < -0.3 is 20.5 Å². The molecule has 0 aliphatic rings. The third-order valence-corrected chi connectivity index (χ3v) is 3.28. The number of aromatic nitrogens is 4. The zero-order valence-corrected chi connectivity index (χ0v) is 13.1. The summed E-state index contributed by atoms with van der Waals surface area (Å²) < 4.78 is 0. The number of hydrogen-bond acceptors (Lipinski definition) is 8. The molecular weight excluding hydrogens is 290 g/mol. The Kier molecular flexibility index (Phi) is 5.09. The molecule has 3 N–H and O–H groups in total. The SMILES string of the molecule is CCCNc1nc(NCc2csc(=O)[nH]2)nc(N(C)C)n1. The lowest BCUT2D eigenvalue weighted by Gasteiger charge is -2.13. The third-order valence-electron chi connectivity index (χ3n) is 2.56. The number of aromatic amines is 1. The van der Waals surface area contributed by atoms with Crippen molar-refractivity contribution >= 4 is 29.2 Å². The fourth-order valence-corrected chi connectivity index (χ4v) is 2.12. The Balaban J connectivity index is 2.12. The van der Waals surface area contributed by atoms with E-state index in [4.69, 9.17) is 0 Å². The van der Waals surface area contributed by atoms with E-state index < -0.39 is 0 Å². The van der Waals surface area contributed by atoms with E-state index in [9.17, 15) is 4.79 Å². The van der Waals surface area contributed by atoms with Gasteiger partial charge in [0, 0.05) is 31.7 Å². The summed E-state index contributed by atoms with van der Waals surface area (Å²) in [7, 11) is 3.75. The first-order valence-electron chi connectivity index (χ1n) is 6.66. The Bertz CT molecular complexity index is 637. The Morgan fingerprint density at radius 3 is 2.52 bits per heavy atom. The van der Waals surface area contributed by atoms with E-state index in [0.717, 1.165) is 30.0 Å². The predicted molar refractivity (Wildman–Crippen MR) is 85.2 cm³/mol. The van der Waals surface area contributed by atoms with Gasteiger partial charge in [0.25, 0.3) is 0 Å². The molecule has 9 heteroatoms. The largest absolute Gasteiger partial charge is 0.354 e. The van der Waals surface area contributed by atoms with Gasteiger partial charge in [-0.25, -0.2) is 0 Å². The van der Waals surface area contributed by atoms with Crippen LogP contribution in [0.3, 0.4) is 0 Å². The molecule has 2 heterocycles. The van der Waals surface area contributed by atoms with E-state index >= 15 is 0 Å². The number of thiazole rings is 1. The normalized spacial score (nSPS) is 10.4. The molecule has 0 amide bonds. The minimum Gasteiger partial charge on any atom is -0.354 e. The molecule has 0 radical (unpaired) electrons. The Morgan fingerprint density at radius 1 is 1.24 bits per heavy atom. The molecule has 0 aliphatic carbocycles. The van der Waals surface area contributed by atoms with Crippen molar-refractivity contribution in [1.82, 2.24) is 19.9 Å². The van der Waals surface area contributed by atoms with Crippen molar-refractivity contribution in [1.29, 1.82) is 0 Å². The van der Waals surface area contributed by atoms with Crippen LogP contribution in [0.4, 0.5) is 17.8 Å². The Hall–Kier alpha value is -2.16. The van der Waals surface area contributed by atoms with Crippen molar-refractivity contribution in [2.75, 3.05) is 36.2 Å². The third kappa shape index (κ3) is 4.42. The van der Waals surface area contributed by atoms with Gasteiger partial charge in [-0.3, -0.25) is 4.79 Å². The molecule has 8 nitrogen and oxygen atoms in total. The highest BCUT2D eigenvalue weighted by Crippen LogP contribution is 2.12. The van der Waals surface area contributed by atoms with Gasteiger partial charge in [-0.15, -0.1) is 0 Å². The molecule has 0 spiro atoms. The molecule has 2 rings (SSSR count). The first-order chi connectivity index (χ1) is 10.1. The number of anilines is 3. The molecule has 0 aliphatic heterocycles. The van der Waals surface area contributed by atoms with Gasteiger partial charge in [0.1, 0.15) is 0 Å². The molecule has 21 heavy (non-hydrogen) atoms. The standard InChI is InChI=1S/C12H19N7OS/c1-4-5-13-9-16-10(18-11(17-9)19(2)3)14-6-8-7-21-12(20)15-8/h7H,4-6H2,1-3H3,(H,15,20)(H2,13,14,16,17,18). The van der Waals surface area contributed by atoms with E-state index in [1.165, 1.54) is 0 Å². The highest BCUT2D eigenvalue weighted by Gasteiger charge is 2.08. The van der Waals surface area contributed by atoms with Gasteiger partial charge >= 0.3 is 4.87 Å². The average Bonchev–Trinajstić information content (AvgIpc) is 2.88. The lowest BCUT2D eigenvalue weighted by Crippen LogP contribution is -2.17. The summed E-state index contributed by atoms with van der Waals surface area (Å²) in [6, 6.07) is 0. The maximum atomic E-state index is 11.1. The smallest absolute Gasteiger partial charge is 0.304 e. The van der Waals surface area contributed by atoms with Gasteiger partial charge in [-0.05, 0) is 6.42 Å². The summed E-state index contributed by atoms with van der Waals surface area (Å²) in [5, 5.41) is 8.02. The fraction of sp³-hybridized carbons (Fsp3) is 0.500. The van der Waals surface area contributed by atoms with E-state index in [-0.39, 0.29) is 4.87 Å². The number of nitrogens with one attached hydrogen (secondary N) is 3. The summed E-state index contributed by atoms with van der Waals surface area (Å²) in [5.74, 6) is 1.58. The van der Waals surface area contributed by atoms with Crippen molar-refractivity contribution in [2.45, 2.75) is 19.9 Å². The monoisotopic (exact) mass is 309 g/mol. The van der Waals surface area contributed by atoms with Gasteiger partial charge in [-0.2, -0.15) is 15.0 Å². The minimum atomic E-state index is -0.0678. The maximum absolute atomic E-state index is 11.1. The molecule has 114 valence electrons. The van der Waals surface area contributed by atoms with Crippen molar-refractivity contribution in [2.24, 2.45) is 0 Å². The van der Waals surface area contributed by atoms with Crippen LogP contribution in [-0.4, -0.2) is 40.6 Å². The summed E-state index contributed by atoms with van der Waals surface area (Å²) in [4.78, 5) is 28.5. The summed E-state index contributed by atoms with van der Waals surface area (Å²) in [6.45, 7) is 3.34. The molecule has 0 saturated heterocycles. The quantitative estimate of drug-likeness (QED) is 0.705. The zero-order valence-electron chi connectivity index (χ0n) is 12.3. The maximum Gasteiger partial charge on any atom is 0.304 e. The molecular formula is C12H19N7OS. The van der Waals surface area contributed by atoms with Crippen molar-refractivity contribution in [3.63, 3.8) is 0 Å². The van der Waals surface area contributed by atoms with E-state index in [0.29, 0.717) is 24.4 Å². The molecule has 0 bridgehead atoms. The van der Waals surface area contributed by atoms with Crippen molar-refractivity contribution in [3.05, 3.63) is 20.7 Å². The second-order valence-corrected chi connectivity index (χ2v) is 5.47. The molecule has 2 aromatic heterocycles. The first kappa shape index (κ1) is 15.2. The van der Waals surface area contributed by atoms with Crippen LogP contribution >= 0.6 is 11.3 Å². The average molecular weight is 309 g/mol. The lowest BCUT2D eigenvalue weighted by atomic mass is 10.5. The highest BCUT2D eigenvalue weighted by atomic mass is 32.1. The predicted octanol–water partition coefficient (Wildman–Crippen LogP) is 1.12. The van der Waals surface area contributed by atoms with Crippen molar-refractivity contribution < 1.29 is 0 Å². The number of nitrogens with zero attached hydrogens (tertiary/aromatic N) is 4. The number of rotatable bonds is 7. The minimum absolute atomic E-state index is 0.0678. The van der Waals surface area contributed by atoms with Crippen LogP contribution in [0.25, 0.3) is 0 Å². The van der Waals surface area contributed by atoms with Gasteiger partial charge in [0.2, 0.25) is 17.8 Å². The molecule has 2 aromatic rings. The number of hydrogen-bond donors (Lipinski definition) is 3. The molecule has 0 saturated carbocycles. The Labute approximate surface area is 126 Å². The number of H-pyrrole nitrogens is 1. The zero-order chi connectivity index (χ0) is 15.2. The van der Waals surface area contributed by atoms with Crippen LogP contribution in [0.2, 0.25) is 0 Å². The lowest BCUT2D eigenvalue weighted by molar-refractivity contribution is 0.907. The first-order valence-corrected chi connectivity index (χ1v) is 7.54. The summed E-state index contributed by atoms with van der Waals surface area (Å²) in [6.07, 6.45) is 0.988. The topological polar surface area (TPSA) is 98.8 Å². The highest BCUT2D eigenvalue weighted by molar-refractivity contribution is 7.07. The van der Waals surface area contributed by atoms with Crippen LogP contribution in [-0.2, 0) is 6.54 Å². The summed E-state index contributed by atoms with van der Waals surface area (Å²) >= 11 is 1.14. The van der Waals surface area contributed by atoms with Crippen molar-refractivity contribution in [3.8, 4) is 0 Å². The van der Waals surface area contributed by atoms with Crippen LogP contribution in [0.1, 0.15) is 19.0 Å². The molecule has 0 unspecified atom stereocenters. The van der Waals surface area contributed by atoms with Gasteiger partial charge in [0.05, 0.1) is 6.54 Å². The summed E-state index contributed by atoms with van der Waals surface area (Å²) in [5.41, 5.74) is 0.805. The second-order valence-electron chi connectivity index (χ2n) is 4.63. The van der Waals surface area contributed by atoms with Crippen LogP contribution < -0.4 is 20.4 Å². The van der Waals surface area contributed by atoms with Gasteiger partial charge in [0.15, 0.2) is 0 Å². The fourth-order valence-electron chi connectivity index (χ4n) is 1.53.